The van der Waals surface area contributed by atoms with Crippen LogP contribution in [0.4, 0.5) is 8.78 Å². The van der Waals surface area contributed by atoms with Crippen molar-refractivity contribution in [3.8, 4) is 0 Å². The van der Waals surface area contributed by atoms with Crippen LogP contribution in [0, 0.1) is 18.6 Å². The molecule has 2 aromatic rings. The molecule has 0 radical (unpaired) electrons. The maximum Gasteiger partial charge on any atom is 0.253 e. The summed E-state index contributed by atoms with van der Waals surface area (Å²) in [6, 6.07) is 4.39. The Morgan fingerprint density at radius 2 is 1.95 bits per heavy atom. The van der Waals surface area contributed by atoms with E-state index in [-0.39, 0.29) is 0 Å². The molecule has 2 rings (SSSR count). The zero-order chi connectivity index (χ0) is 14.0. The highest BCUT2D eigenvalue weighted by atomic mass is 19.1. The lowest BCUT2D eigenvalue weighted by Gasteiger charge is -2.06. The predicted molar refractivity (Wildman–Crippen MR) is 63.9 cm³/mol. The van der Waals surface area contributed by atoms with E-state index in [2.05, 4.69) is 4.98 Å². The molecular formula is C13H10F2N2O2. The number of carbonyl (C=O) groups excluding carboxylic acids is 1. The molecule has 0 saturated carbocycles. The van der Waals surface area contributed by atoms with E-state index in [1.807, 2.05) is 0 Å². The van der Waals surface area contributed by atoms with Crippen LogP contribution >= 0.6 is 0 Å². The number of aryl methyl sites for hydroxylation is 1. The van der Waals surface area contributed by atoms with E-state index in [0.29, 0.717) is 5.69 Å². The highest BCUT2D eigenvalue weighted by molar-refractivity contribution is 5.96. The molecule has 0 unspecified atom stereocenters. The molecule has 0 saturated heterocycles. The van der Waals surface area contributed by atoms with Crippen molar-refractivity contribution >= 4 is 5.78 Å². The maximum atomic E-state index is 13.4. The van der Waals surface area contributed by atoms with Gasteiger partial charge in [-0.15, -0.1) is 0 Å². The number of nitrogens with zero attached hydrogens (tertiary/aromatic N) is 2. The zero-order valence-corrected chi connectivity index (χ0v) is 10.1. The molecule has 4 nitrogen and oxygen atoms in total. The van der Waals surface area contributed by atoms with E-state index in [4.69, 9.17) is 0 Å². The van der Waals surface area contributed by atoms with Crippen LogP contribution in [0.15, 0.2) is 35.4 Å². The molecular weight excluding hydrogens is 254 g/mol. The number of carbonyl (C=O) groups is 1. The van der Waals surface area contributed by atoms with Crippen molar-refractivity contribution in [3.05, 3.63) is 63.8 Å². The number of hydrogen-bond donors (Lipinski definition) is 0. The first-order valence-electron chi connectivity index (χ1n) is 5.49. The van der Waals surface area contributed by atoms with Crippen molar-refractivity contribution in [2.24, 2.45) is 0 Å². The molecule has 0 N–H and O–H groups in total. The summed E-state index contributed by atoms with van der Waals surface area (Å²) in [5.74, 6) is -2.71. The molecule has 1 aromatic carbocycles. The van der Waals surface area contributed by atoms with Crippen molar-refractivity contribution < 1.29 is 13.6 Å². The van der Waals surface area contributed by atoms with Gasteiger partial charge in [0.25, 0.3) is 5.56 Å². The zero-order valence-electron chi connectivity index (χ0n) is 10.1. The van der Waals surface area contributed by atoms with Crippen molar-refractivity contribution in [3.63, 3.8) is 0 Å². The van der Waals surface area contributed by atoms with Gasteiger partial charge in [0.1, 0.15) is 11.6 Å². The second-order valence-electron chi connectivity index (χ2n) is 4.02. The summed E-state index contributed by atoms with van der Waals surface area (Å²) in [5.41, 5.74) is -0.585. The number of halogens is 2. The lowest BCUT2D eigenvalue weighted by Crippen LogP contribution is -2.25. The third-order valence-corrected chi connectivity index (χ3v) is 2.57. The summed E-state index contributed by atoms with van der Waals surface area (Å²) in [6.07, 6.45) is 1.17. The van der Waals surface area contributed by atoms with Crippen LogP contribution in [-0.2, 0) is 6.54 Å². The average Bonchev–Trinajstić information content (AvgIpc) is 2.32. The van der Waals surface area contributed by atoms with Crippen LogP contribution in [0.1, 0.15) is 16.1 Å². The summed E-state index contributed by atoms with van der Waals surface area (Å²) >= 11 is 0. The van der Waals surface area contributed by atoms with Crippen LogP contribution in [0.3, 0.4) is 0 Å². The van der Waals surface area contributed by atoms with E-state index in [9.17, 15) is 18.4 Å². The highest BCUT2D eigenvalue weighted by Crippen LogP contribution is 2.13. The first-order chi connectivity index (χ1) is 8.99. The van der Waals surface area contributed by atoms with Crippen LogP contribution in [0.25, 0.3) is 0 Å². The third-order valence-electron chi connectivity index (χ3n) is 2.57. The second kappa shape index (κ2) is 5.09. The van der Waals surface area contributed by atoms with Gasteiger partial charge in [-0.05, 0) is 19.1 Å². The smallest absolute Gasteiger partial charge is 0.253 e. The lowest BCUT2D eigenvalue weighted by molar-refractivity contribution is 0.0962. The molecule has 0 aliphatic rings. The molecule has 0 atom stereocenters. The Kier molecular flexibility index (Phi) is 3.50. The molecule has 98 valence electrons. The summed E-state index contributed by atoms with van der Waals surface area (Å²) in [6.45, 7) is 1.17. The van der Waals surface area contributed by atoms with Crippen LogP contribution in [0.2, 0.25) is 0 Å². The van der Waals surface area contributed by atoms with Crippen molar-refractivity contribution in [1.82, 2.24) is 9.55 Å². The van der Waals surface area contributed by atoms with Crippen LogP contribution < -0.4 is 5.56 Å². The fourth-order valence-corrected chi connectivity index (χ4v) is 1.63. The van der Waals surface area contributed by atoms with Gasteiger partial charge >= 0.3 is 0 Å². The van der Waals surface area contributed by atoms with Gasteiger partial charge in [0.05, 0.1) is 18.4 Å². The van der Waals surface area contributed by atoms with E-state index in [0.717, 1.165) is 16.7 Å². The van der Waals surface area contributed by atoms with E-state index in [1.165, 1.54) is 18.5 Å². The predicted octanol–water partition coefficient (Wildman–Crippen LogP) is 1.71. The van der Waals surface area contributed by atoms with Crippen molar-refractivity contribution in [2.45, 2.75) is 13.5 Å². The number of Topliss-reactive ketones (excluding diaryl/α,β-unsaturated/α-hetero) is 1. The lowest BCUT2D eigenvalue weighted by atomic mass is 10.1. The third kappa shape index (κ3) is 2.73. The Labute approximate surface area is 107 Å². The van der Waals surface area contributed by atoms with Gasteiger partial charge in [0, 0.05) is 11.8 Å². The molecule has 0 aliphatic heterocycles. The van der Waals surface area contributed by atoms with Crippen LogP contribution in [0.5, 0.6) is 0 Å². The topological polar surface area (TPSA) is 52.0 Å². The van der Waals surface area contributed by atoms with Gasteiger partial charge in [-0.3, -0.25) is 14.2 Å². The number of hydrogen-bond acceptors (Lipinski definition) is 3. The largest absolute Gasteiger partial charge is 0.292 e. The summed E-state index contributed by atoms with van der Waals surface area (Å²) in [4.78, 5) is 27.2. The fourth-order valence-electron chi connectivity index (χ4n) is 1.63. The van der Waals surface area contributed by atoms with Gasteiger partial charge < -0.3 is 0 Å². The second-order valence-corrected chi connectivity index (χ2v) is 4.02. The quantitative estimate of drug-likeness (QED) is 0.793. The summed E-state index contributed by atoms with van der Waals surface area (Å²) in [5, 5.41) is 0. The van der Waals surface area contributed by atoms with Crippen LogP contribution in [-0.4, -0.2) is 15.3 Å². The number of benzene rings is 1. The van der Waals surface area contributed by atoms with Crippen molar-refractivity contribution in [1.29, 1.82) is 0 Å². The molecule has 1 heterocycles. The first kappa shape index (κ1) is 13.1. The van der Waals surface area contributed by atoms with Gasteiger partial charge in [-0.1, -0.05) is 6.07 Å². The highest BCUT2D eigenvalue weighted by Gasteiger charge is 2.17. The number of rotatable bonds is 3. The number of aromatic nitrogens is 2. The molecule has 1 aromatic heterocycles. The standard InChI is InChI=1S/C13H10F2N2O2/c1-8-5-12(19)17(7-16-8)6-11(18)13-9(14)3-2-4-10(13)15/h2-5,7H,6H2,1H3. The van der Waals surface area contributed by atoms with Gasteiger partial charge in [-0.25, -0.2) is 13.8 Å². The average molecular weight is 264 g/mol. The number of ketones is 1. The Morgan fingerprint density at radius 3 is 2.53 bits per heavy atom. The molecule has 0 bridgehead atoms. The molecule has 0 amide bonds. The van der Waals surface area contributed by atoms with Gasteiger partial charge in [-0.2, -0.15) is 0 Å². The Hall–Kier alpha value is -2.37. The molecule has 0 spiro atoms. The normalized spacial score (nSPS) is 10.5. The summed E-state index contributed by atoms with van der Waals surface area (Å²) < 4.78 is 27.8. The van der Waals surface area contributed by atoms with Gasteiger partial charge in [0.15, 0.2) is 5.78 Å². The minimum atomic E-state index is -0.946. The molecule has 0 aliphatic carbocycles. The Morgan fingerprint density at radius 1 is 1.32 bits per heavy atom. The van der Waals surface area contributed by atoms with E-state index < -0.39 is 35.1 Å². The monoisotopic (exact) mass is 264 g/mol. The molecule has 0 fully saturated rings. The maximum absolute atomic E-state index is 13.4. The van der Waals surface area contributed by atoms with E-state index >= 15 is 0 Å². The minimum Gasteiger partial charge on any atom is -0.292 e. The molecule has 19 heavy (non-hydrogen) atoms. The Balaban J connectivity index is 2.34. The first-order valence-corrected chi connectivity index (χ1v) is 5.49. The fraction of sp³-hybridized carbons (Fsp3) is 0.154. The van der Waals surface area contributed by atoms with Gasteiger partial charge in [0.2, 0.25) is 0 Å². The van der Waals surface area contributed by atoms with Crippen molar-refractivity contribution in [2.75, 3.05) is 0 Å². The Bertz CT molecular complexity index is 675. The summed E-state index contributed by atoms with van der Waals surface area (Å²) in [7, 11) is 0. The van der Waals surface area contributed by atoms with E-state index in [1.54, 1.807) is 6.92 Å². The minimum absolute atomic E-state index is 0.447. The SMILES string of the molecule is Cc1cc(=O)n(CC(=O)c2c(F)cccc2F)cn1. The molecule has 6 heteroatoms.